The van der Waals surface area contributed by atoms with Gasteiger partial charge in [-0.1, -0.05) is 30.3 Å². The van der Waals surface area contributed by atoms with E-state index < -0.39 is 0 Å². The number of ketones is 1. The van der Waals surface area contributed by atoms with Gasteiger partial charge in [0, 0.05) is 28.3 Å². The first-order valence-electron chi connectivity index (χ1n) is 6.36. The van der Waals surface area contributed by atoms with Gasteiger partial charge in [-0.3, -0.25) is 4.79 Å². The zero-order chi connectivity index (χ0) is 13.2. The van der Waals surface area contributed by atoms with Crippen molar-refractivity contribution in [3.63, 3.8) is 0 Å². The van der Waals surface area contributed by atoms with Crippen LogP contribution in [0.25, 0.3) is 0 Å². The van der Waals surface area contributed by atoms with E-state index in [1.807, 2.05) is 30.3 Å². The lowest BCUT2D eigenvalue weighted by Crippen LogP contribution is -1.96. The Kier molecular flexibility index (Phi) is 3.30. The smallest absolute Gasteiger partial charge is 0.163 e. The molecular formula is C16H15NOS. The summed E-state index contributed by atoms with van der Waals surface area (Å²) < 4.78 is 0. The SMILES string of the molecule is Nc1cc2c(cc1SCc1ccccc1)C(=O)CC2. The summed E-state index contributed by atoms with van der Waals surface area (Å²) in [5.41, 5.74) is 10.1. The first kappa shape index (κ1) is 12.3. The number of hydrogen-bond acceptors (Lipinski definition) is 3. The van der Waals surface area contributed by atoms with E-state index in [0.29, 0.717) is 6.42 Å². The van der Waals surface area contributed by atoms with Crippen molar-refractivity contribution in [2.75, 3.05) is 5.73 Å². The molecule has 2 aromatic carbocycles. The summed E-state index contributed by atoms with van der Waals surface area (Å²) in [6, 6.07) is 14.2. The van der Waals surface area contributed by atoms with Crippen LogP contribution in [0.1, 0.15) is 27.9 Å². The lowest BCUT2D eigenvalue weighted by molar-refractivity contribution is 0.0994. The molecule has 0 bridgehead atoms. The highest BCUT2D eigenvalue weighted by molar-refractivity contribution is 7.98. The van der Waals surface area contributed by atoms with E-state index in [-0.39, 0.29) is 5.78 Å². The van der Waals surface area contributed by atoms with Crippen LogP contribution in [0, 0.1) is 0 Å². The summed E-state index contributed by atoms with van der Waals surface area (Å²) in [7, 11) is 0. The Bertz CT molecular complexity index is 622. The fraction of sp³-hybridized carbons (Fsp3) is 0.188. The van der Waals surface area contributed by atoms with Crippen molar-refractivity contribution in [3.8, 4) is 0 Å². The van der Waals surface area contributed by atoms with Gasteiger partial charge in [0.1, 0.15) is 0 Å². The zero-order valence-electron chi connectivity index (χ0n) is 10.6. The number of nitrogen functional groups attached to an aromatic ring is 1. The molecule has 0 atom stereocenters. The number of carbonyl (C=O) groups excluding carboxylic acids is 1. The van der Waals surface area contributed by atoms with Gasteiger partial charge in [-0.15, -0.1) is 11.8 Å². The minimum absolute atomic E-state index is 0.247. The Hall–Kier alpha value is -1.74. The summed E-state index contributed by atoms with van der Waals surface area (Å²) in [5.74, 6) is 1.12. The molecule has 2 N–H and O–H groups in total. The first-order chi connectivity index (χ1) is 9.24. The number of benzene rings is 2. The maximum Gasteiger partial charge on any atom is 0.163 e. The quantitative estimate of drug-likeness (QED) is 0.682. The number of anilines is 1. The van der Waals surface area contributed by atoms with Crippen LogP contribution in [0.15, 0.2) is 47.4 Å². The van der Waals surface area contributed by atoms with Crippen molar-refractivity contribution in [2.45, 2.75) is 23.5 Å². The van der Waals surface area contributed by atoms with E-state index in [1.165, 1.54) is 5.56 Å². The summed E-state index contributed by atoms with van der Waals surface area (Å²) >= 11 is 1.69. The Balaban J connectivity index is 1.82. The summed E-state index contributed by atoms with van der Waals surface area (Å²) in [4.78, 5) is 12.8. The highest BCUT2D eigenvalue weighted by Crippen LogP contribution is 2.34. The van der Waals surface area contributed by atoms with E-state index in [9.17, 15) is 4.79 Å². The molecule has 0 aliphatic heterocycles. The van der Waals surface area contributed by atoms with Crippen LogP contribution in [0.5, 0.6) is 0 Å². The van der Waals surface area contributed by atoms with E-state index in [0.717, 1.165) is 33.9 Å². The molecule has 0 spiro atoms. The fourth-order valence-corrected chi connectivity index (χ4v) is 3.29. The van der Waals surface area contributed by atoms with Crippen molar-refractivity contribution in [2.24, 2.45) is 0 Å². The van der Waals surface area contributed by atoms with Crippen LogP contribution < -0.4 is 5.73 Å². The second-order valence-corrected chi connectivity index (χ2v) is 5.76. The van der Waals surface area contributed by atoms with Gasteiger partial charge in [0.25, 0.3) is 0 Å². The molecule has 1 aliphatic carbocycles. The highest BCUT2D eigenvalue weighted by atomic mass is 32.2. The minimum Gasteiger partial charge on any atom is -0.398 e. The van der Waals surface area contributed by atoms with Crippen LogP contribution in [0.4, 0.5) is 5.69 Å². The summed E-state index contributed by atoms with van der Waals surface area (Å²) in [6.07, 6.45) is 1.46. The molecule has 96 valence electrons. The van der Waals surface area contributed by atoms with Gasteiger partial charge in [0.15, 0.2) is 5.78 Å². The molecule has 1 aliphatic rings. The van der Waals surface area contributed by atoms with Crippen LogP contribution in [-0.4, -0.2) is 5.78 Å². The van der Waals surface area contributed by atoms with E-state index in [2.05, 4.69) is 12.1 Å². The monoisotopic (exact) mass is 269 g/mol. The van der Waals surface area contributed by atoms with Gasteiger partial charge in [0.05, 0.1) is 0 Å². The van der Waals surface area contributed by atoms with Gasteiger partial charge in [-0.05, 0) is 29.7 Å². The van der Waals surface area contributed by atoms with Crippen LogP contribution in [-0.2, 0) is 12.2 Å². The van der Waals surface area contributed by atoms with Gasteiger partial charge in [-0.2, -0.15) is 0 Å². The van der Waals surface area contributed by atoms with Gasteiger partial charge >= 0.3 is 0 Å². The molecule has 0 amide bonds. The molecule has 0 saturated heterocycles. The molecule has 19 heavy (non-hydrogen) atoms. The van der Waals surface area contributed by atoms with E-state index >= 15 is 0 Å². The second kappa shape index (κ2) is 5.10. The molecule has 2 aromatic rings. The molecule has 0 heterocycles. The molecule has 0 unspecified atom stereocenters. The standard InChI is InChI=1S/C16H15NOS/c17-14-8-12-6-7-15(18)13(12)9-16(14)19-10-11-4-2-1-3-5-11/h1-5,8-9H,6-7,10,17H2. The highest BCUT2D eigenvalue weighted by Gasteiger charge is 2.21. The van der Waals surface area contributed by atoms with Crippen molar-refractivity contribution < 1.29 is 4.79 Å². The summed E-state index contributed by atoms with van der Waals surface area (Å²) in [6.45, 7) is 0. The number of nitrogens with two attached hydrogens (primary N) is 1. The van der Waals surface area contributed by atoms with E-state index in [4.69, 9.17) is 5.73 Å². The number of fused-ring (bicyclic) bond motifs is 1. The van der Waals surface area contributed by atoms with Crippen molar-refractivity contribution in [1.29, 1.82) is 0 Å². The summed E-state index contributed by atoms with van der Waals surface area (Å²) in [5, 5.41) is 0. The molecule has 0 saturated carbocycles. The molecule has 0 radical (unpaired) electrons. The molecule has 3 rings (SSSR count). The van der Waals surface area contributed by atoms with Crippen molar-refractivity contribution >= 4 is 23.2 Å². The topological polar surface area (TPSA) is 43.1 Å². The van der Waals surface area contributed by atoms with Gasteiger partial charge < -0.3 is 5.73 Å². The number of hydrogen-bond donors (Lipinski definition) is 1. The molecule has 3 heteroatoms. The largest absolute Gasteiger partial charge is 0.398 e. The minimum atomic E-state index is 0.247. The van der Waals surface area contributed by atoms with Crippen molar-refractivity contribution in [1.82, 2.24) is 0 Å². The van der Waals surface area contributed by atoms with Gasteiger partial charge in [0.2, 0.25) is 0 Å². The maximum absolute atomic E-state index is 11.8. The second-order valence-electron chi connectivity index (χ2n) is 4.74. The molecule has 0 fully saturated rings. The average molecular weight is 269 g/mol. The third-order valence-electron chi connectivity index (χ3n) is 3.39. The lowest BCUT2D eigenvalue weighted by Gasteiger charge is -2.08. The number of aryl methyl sites for hydroxylation is 1. The van der Waals surface area contributed by atoms with Crippen molar-refractivity contribution in [3.05, 3.63) is 59.2 Å². The first-order valence-corrected chi connectivity index (χ1v) is 7.35. The fourth-order valence-electron chi connectivity index (χ4n) is 2.35. The maximum atomic E-state index is 11.8. The van der Waals surface area contributed by atoms with E-state index in [1.54, 1.807) is 11.8 Å². The Morgan fingerprint density at radius 1 is 1.11 bits per heavy atom. The lowest BCUT2D eigenvalue weighted by atomic mass is 10.1. The number of thioether (sulfide) groups is 1. The number of rotatable bonds is 3. The Morgan fingerprint density at radius 3 is 2.68 bits per heavy atom. The van der Waals surface area contributed by atoms with Crippen LogP contribution in [0.2, 0.25) is 0 Å². The third-order valence-corrected chi connectivity index (χ3v) is 4.54. The Labute approximate surface area is 117 Å². The van der Waals surface area contributed by atoms with Gasteiger partial charge in [-0.25, -0.2) is 0 Å². The predicted octanol–water partition coefficient (Wildman–Crippen LogP) is 3.69. The number of carbonyl (C=O) groups is 1. The molecule has 2 nitrogen and oxygen atoms in total. The Morgan fingerprint density at radius 2 is 1.89 bits per heavy atom. The normalized spacial score (nSPS) is 13.6. The molecule has 0 aromatic heterocycles. The zero-order valence-corrected chi connectivity index (χ0v) is 11.4. The number of Topliss-reactive ketones (excluding diaryl/α,β-unsaturated/α-hetero) is 1. The van der Waals surface area contributed by atoms with Crippen LogP contribution in [0.3, 0.4) is 0 Å². The van der Waals surface area contributed by atoms with Crippen LogP contribution >= 0.6 is 11.8 Å². The third kappa shape index (κ3) is 2.51. The average Bonchev–Trinajstić information content (AvgIpc) is 2.78. The predicted molar refractivity (Wildman–Crippen MR) is 79.5 cm³/mol. The molecular weight excluding hydrogens is 254 g/mol.